The number of nitrogens with one attached hydrogen (secondary N) is 1. The van der Waals surface area contributed by atoms with E-state index in [1.54, 1.807) is 0 Å². The Morgan fingerprint density at radius 1 is 1.38 bits per heavy atom. The van der Waals surface area contributed by atoms with Crippen molar-refractivity contribution in [3.8, 4) is 0 Å². The van der Waals surface area contributed by atoms with Gasteiger partial charge < -0.3 is 15.8 Å². The van der Waals surface area contributed by atoms with Gasteiger partial charge in [0.05, 0.1) is 12.2 Å². The predicted molar refractivity (Wildman–Crippen MR) is 64.2 cm³/mol. The van der Waals surface area contributed by atoms with Gasteiger partial charge in [-0.05, 0) is 50.9 Å². The van der Waals surface area contributed by atoms with Crippen molar-refractivity contribution in [1.29, 1.82) is 0 Å². The molecule has 92 valence electrons. The monoisotopic (exact) mass is 224 g/mol. The maximum atomic E-state index is 6.37. The van der Waals surface area contributed by atoms with Crippen molar-refractivity contribution in [2.45, 2.75) is 56.8 Å². The molecule has 2 aliphatic carbocycles. The molecule has 5 atom stereocenters. The van der Waals surface area contributed by atoms with E-state index in [-0.39, 0.29) is 5.54 Å². The largest absolute Gasteiger partial charge is 0.373 e. The minimum Gasteiger partial charge on any atom is -0.373 e. The van der Waals surface area contributed by atoms with E-state index in [1.807, 2.05) is 0 Å². The first-order valence-corrected chi connectivity index (χ1v) is 6.80. The summed E-state index contributed by atoms with van der Waals surface area (Å²) in [5.74, 6) is 1.72. The molecule has 3 unspecified atom stereocenters. The van der Waals surface area contributed by atoms with Crippen molar-refractivity contribution in [3.05, 3.63) is 0 Å². The summed E-state index contributed by atoms with van der Waals surface area (Å²) in [6.07, 6.45) is 7.16. The van der Waals surface area contributed by atoms with Crippen molar-refractivity contribution in [2.24, 2.45) is 17.6 Å². The molecule has 3 heteroatoms. The molecule has 0 spiro atoms. The lowest BCUT2D eigenvalue weighted by atomic mass is 9.82. The number of morpholine rings is 1. The lowest BCUT2D eigenvalue weighted by Crippen LogP contribution is -2.44. The van der Waals surface area contributed by atoms with Crippen LogP contribution in [0.3, 0.4) is 0 Å². The summed E-state index contributed by atoms with van der Waals surface area (Å²) in [5, 5.41) is 3.46. The van der Waals surface area contributed by atoms with Crippen LogP contribution >= 0.6 is 0 Å². The van der Waals surface area contributed by atoms with Crippen molar-refractivity contribution >= 4 is 0 Å². The average Bonchev–Trinajstić information content (AvgIpc) is 2.73. The maximum absolute atomic E-state index is 6.37. The molecule has 3 aliphatic rings. The van der Waals surface area contributed by atoms with E-state index < -0.39 is 0 Å². The van der Waals surface area contributed by atoms with Crippen LogP contribution in [-0.4, -0.2) is 30.8 Å². The van der Waals surface area contributed by atoms with E-state index in [9.17, 15) is 0 Å². The fraction of sp³-hybridized carbons (Fsp3) is 1.00. The second-order valence-corrected chi connectivity index (χ2v) is 6.29. The second kappa shape index (κ2) is 3.97. The molecule has 3 nitrogen and oxygen atoms in total. The van der Waals surface area contributed by atoms with Crippen LogP contribution in [0, 0.1) is 11.8 Å². The molecule has 0 aromatic heterocycles. The quantitative estimate of drug-likeness (QED) is 0.742. The molecule has 1 heterocycles. The summed E-state index contributed by atoms with van der Waals surface area (Å²) >= 11 is 0. The Balaban J connectivity index is 1.56. The predicted octanol–water partition coefficient (Wildman–Crippen LogP) is 1.27. The second-order valence-electron chi connectivity index (χ2n) is 6.29. The molecule has 0 amide bonds. The zero-order valence-corrected chi connectivity index (χ0v) is 10.2. The van der Waals surface area contributed by atoms with Gasteiger partial charge in [0.15, 0.2) is 0 Å². The first-order chi connectivity index (χ1) is 7.65. The van der Waals surface area contributed by atoms with Gasteiger partial charge in [-0.2, -0.15) is 0 Å². The molecule has 3 rings (SSSR count). The molecule has 0 aromatic carbocycles. The molecule has 3 fully saturated rings. The highest BCUT2D eigenvalue weighted by Gasteiger charge is 2.48. The SMILES string of the molecule is C[C@H]1CNC[C@@H](CC2CC3(N)CCC2C3)O1. The van der Waals surface area contributed by atoms with E-state index in [2.05, 4.69) is 12.2 Å². The van der Waals surface area contributed by atoms with Crippen molar-refractivity contribution in [1.82, 2.24) is 5.32 Å². The summed E-state index contributed by atoms with van der Waals surface area (Å²) in [5.41, 5.74) is 6.56. The van der Waals surface area contributed by atoms with E-state index in [4.69, 9.17) is 10.5 Å². The number of ether oxygens (including phenoxy) is 1. The highest BCUT2D eigenvalue weighted by atomic mass is 16.5. The summed E-state index contributed by atoms with van der Waals surface area (Å²) in [4.78, 5) is 0. The third-order valence-corrected chi connectivity index (χ3v) is 4.81. The number of hydrogen-bond acceptors (Lipinski definition) is 3. The van der Waals surface area contributed by atoms with Gasteiger partial charge in [0, 0.05) is 18.6 Å². The molecule has 0 aromatic rings. The minimum atomic E-state index is 0.197. The Morgan fingerprint density at radius 2 is 2.25 bits per heavy atom. The van der Waals surface area contributed by atoms with Gasteiger partial charge in [0.1, 0.15) is 0 Å². The number of nitrogens with two attached hydrogens (primary N) is 1. The van der Waals surface area contributed by atoms with Crippen LogP contribution < -0.4 is 11.1 Å². The highest BCUT2D eigenvalue weighted by Crippen LogP contribution is 2.51. The van der Waals surface area contributed by atoms with Gasteiger partial charge in [0.25, 0.3) is 0 Å². The van der Waals surface area contributed by atoms with E-state index in [1.165, 1.54) is 32.1 Å². The van der Waals surface area contributed by atoms with Gasteiger partial charge in [-0.1, -0.05) is 0 Å². The Bertz CT molecular complexity index is 271. The molecule has 2 saturated carbocycles. The summed E-state index contributed by atoms with van der Waals surface area (Å²) < 4.78 is 5.99. The van der Waals surface area contributed by atoms with Gasteiger partial charge in [-0.15, -0.1) is 0 Å². The average molecular weight is 224 g/mol. The standard InChI is InChI=1S/C13H24N2O/c1-9-7-15-8-12(16-9)4-11-6-13(14)3-2-10(11)5-13/h9-12,15H,2-8,14H2,1H3/t9-,10?,11?,12+,13?/m0/s1. The van der Waals surface area contributed by atoms with E-state index >= 15 is 0 Å². The maximum Gasteiger partial charge on any atom is 0.0706 e. The number of hydrogen-bond donors (Lipinski definition) is 2. The first-order valence-electron chi connectivity index (χ1n) is 6.80. The van der Waals surface area contributed by atoms with E-state index in [0.717, 1.165) is 24.9 Å². The normalized spacial score (nSPS) is 52.1. The van der Waals surface area contributed by atoms with Crippen molar-refractivity contribution in [2.75, 3.05) is 13.1 Å². The summed E-state index contributed by atoms with van der Waals surface area (Å²) in [7, 11) is 0. The summed E-state index contributed by atoms with van der Waals surface area (Å²) in [6, 6.07) is 0. The van der Waals surface area contributed by atoms with Gasteiger partial charge in [-0.25, -0.2) is 0 Å². The molecule has 2 bridgehead atoms. The van der Waals surface area contributed by atoms with Gasteiger partial charge in [0.2, 0.25) is 0 Å². The molecule has 1 aliphatic heterocycles. The molecule has 3 N–H and O–H groups in total. The topological polar surface area (TPSA) is 47.3 Å². The molecular formula is C13H24N2O. The van der Waals surface area contributed by atoms with Crippen molar-refractivity contribution in [3.63, 3.8) is 0 Å². The minimum absolute atomic E-state index is 0.197. The Hall–Kier alpha value is -0.120. The Kier molecular flexibility index (Phi) is 2.73. The van der Waals surface area contributed by atoms with Gasteiger partial charge >= 0.3 is 0 Å². The number of fused-ring (bicyclic) bond motifs is 2. The molecule has 16 heavy (non-hydrogen) atoms. The Morgan fingerprint density at radius 3 is 2.88 bits per heavy atom. The van der Waals surface area contributed by atoms with Crippen LogP contribution in [0.1, 0.15) is 39.0 Å². The van der Waals surface area contributed by atoms with Crippen LogP contribution in [0.5, 0.6) is 0 Å². The smallest absolute Gasteiger partial charge is 0.0706 e. The van der Waals surface area contributed by atoms with Crippen LogP contribution in [0.4, 0.5) is 0 Å². The lowest BCUT2D eigenvalue weighted by molar-refractivity contribution is -0.0417. The zero-order valence-electron chi connectivity index (χ0n) is 10.2. The zero-order chi connectivity index (χ0) is 11.2. The summed E-state index contributed by atoms with van der Waals surface area (Å²) in [6.45, 7) is 4.20. The molecular weight excluding hydrogens is 200 g/mol. The fourth-order valence-electron chi connectivity index (χ4n) is 4.10. The highest BCUT2D eigenvalue weighted by molar-refractivity contribution is 5.04. The molecule has 1 saturated heterocycles. The third-order valence-electron chi connectivity index (χ3n) is 4.81. The van der Waals surface area contributed by atoms with Crippen LogP contribution in [-0.2, 0) is 4.74 Å². The lowest BCUT2D eigenvalue weighted by Gasteiger charge is -2.33. The first kappa shape index (κ1) is 11.0. The fourth-order valence-corrected chi connectivity index (χ4v) is 4.10. The van der Waals surface area contributed by atoms with Crippen LogP contribution in [0.15, 0.2) is 0 Å². The van der Waals surface area contributed by atoms with Crippen LogP contribution in [0.2, 0.25) is 0 Å². The van der Waals surface area contributed by atoms with Crippen LogP contribution in [0.25, 0.3) is 0 Å². The number of rotatable bonds is 2. The third kappa shape index (κ3) is 2.01. The molecule has 0 radical (unpaired) electrons. The van der Waals surface area contributed by atoms with E-state index in [0.29, 0.717) is 12.2 Å². The van der Waals surface area contributed by atoms with Gasteiger partial charge in [-0.3, -0.25) is 0 Å². The Labute approximate surface area is 98.1 Å². The van der Waals surface area contributed by atoms with Crippen molar-refractivity contribution < 1.29 is 4.74 Å².